The largest absolute Gasteiger partial charge is 0.489 e. The van der Waals surface area contributed by atoms with Gasteiger partial charge < -0.3 is 10.5 Å². The molecule has 0 radical (unpaired) electrons. The highest BCUT2D eigenvalue weighted by Gasteiger charge is 2.07. The lowest BCUT2D eigenvalue weighted by Gasteiger charge is -2.17. The van der Waals surface area contributed by atoms with Gasteiger partial charge in [0.2, 0.25) is 0 Å². The summed E-state index contributed by atoms with van der Waals surface area (Å²) >= 11 is 0. The van der Waals surface area contributed by atoms with Crippen molar-refractivity contribution >= 4 is 12.4 Å². The maximum Gasteiger partial charge on any atom is 0.119 e. The van der Waals surface area contributed by atoms with Crippen LogP contribution in [-0.2, 0) is 6.42 Å². The summed E-state index contributed by atoms with van der Waals surface area (Å²) in [5.41, 5.74) is 7.23. The second kappa shape index (κ2) is 11.1. The number of aryl methyl sites for hydroxylation is 1. The van der Waals surface area contributed by atoms with Gasteiger partial charge in [0.25, 0.3) is 0 Å². The number of rotatable bonds is 9. The Labute approximate surface area is 140 Å². The Morgan fingerprint density at radius 2 is 1.45 bits per heavy atom. The first-order valence-corrected chi connectivity index (χ1v) is 7.84. The normalized spacial score (nSPS) is 11.5. The Kier molecular flexibility index (Phi) is 9.36. The minimum Gasteiger partial charge on any atom is -0.489 e. The molecule has 22 heavy (non-hydrogen) atoms. The zero-order valence-corrected chi connectivity index (χ0v) is 13.8. The molecule has 2 rings (SSSR count). The van der Waals surface area contributed by atoms with Crippen LogP contribution in [0, 0.1) is 0 Å². The van der Waals surface area contributed by atoms with Crippen molar-refractivity contribution in [3.63, 3.8) is 0 Å². The third-order valence-electron chi connectivity index (χ3n) is 3.64. The average Bonchev–Trinajstić information content (AvgIpc) is 2.55. The van der Waals surface area contributed by atoms with Gasteiger partial charge in [-0.15, -0.1) is 12.4 Å². The molecule has 0 fully saturated rings. The van der Waals surface area contributed by atoms with Crippen molar-refractivity contribution in [3.05, 3.63) is 66.2 Å². The molecule has 2 aromatic rings. The highest BCUT2D eigenvalue weighted by molar-refractivity contribution is 5.85. The number of nitrogens with two attached hydrogens (primary N) is 1. The number of para-hydroxylation sites is 1. The molecule has 0 spiro atoms. The fraction of sp³-hybridized carbons (Fsp3) is 0.368. The Morgan fingerprint density at radius 1 is 0.818 bits per heavy atom. The van der Waals surface area contributed by atoms with E-state index >= 15 is 0 Å². The van der Waals surface area contributed by atoms with E-state index in [2.05, 4.69) is 30.3 Å². The highest BCUT2D eigenvalue weighted by Crippen LogP contribution is 2.15. The van der Waals surface area contributed by atoms with Gasteiger partial charge in [-0.05, 0) is 43.4 Å². The molecular weight excluding hydrogens is 294 g/mol. The fourth-order valence-corrected chi connectivity index (χ4v) is 2.44. The van der Waals surface area contributed by atoms with E-state index in [1.54, 1.807) is 0 Å². The molecule has 0 heterocycles. The van der Waals surface area contributed by atoms with Gasteiger partial charge in [-0.2, -0.15) is 0 Å². The molecular formula is C19H26ClNO. The van der Waals surface area contributed by atoms with Crippen molar-refractivity contribution < 1.29 is 4.74 Å². The Balaban J connectivity index is 0.00000242. The molecule has 1 unspecified atom stereocenters. The van der Waals surface area contributed by atoms with Gasteiger partial charge in [0.15, 0.2) is 0 Å². The molecule has 0 aromatic heterocycles. The van der Waals surface area contributed by atoms with Crippen LogP contribution in [0.2, 0.25) is 0 Å². The minimum atomic E-state index is 0. The first kappa shape index (κ1) is 18.5. The Bertz CT molecular complexity index is 489. The molecule has 0 aliphatic heterocycles. The van der Waals surface area contributed by atoms with E-state index in [4.69, 9.17) is 10.5 Å². The lowest BCUT2D eigenvalue weighted by atomic mass is 10.0. The number of unbranched alkanes of at least 4 members (excludes halogenated alkanes) is 2. The summed E-state index contributed by atoms with van der Waals surface area (Å²) < 4.78 is 5.90. The predicted molar refractivity (Wildman–Crippen MR) is 95.8 cm³/mol. The molecule has 0 aliphatic carbocycles. The number of benzene rings is 2. The van der Waals surface area contributed by atoms with Gasteiger partial charge in [0, 0.05) is 6.54 Å². The third-order valence-corrected chi connectivity index (χ3v) is 3.64. The van der Waals surface area contributed by atoms with Gasteiger partial charge in [-0.3, -0.25) is 0 Å². The van der Waals surface area contributed by atoms with Gasteiger partial charge in [0.1, 0.15) is 11.9 Å². The SMILES string of the molecule is Cl.NCC(CCCCCc1ccccc1)Oc1ccccc1. The van der Waals surface area contributed by atoms with Gasteiger partial charge >= 0.3 is 0 Å². The fourth-order valence-electron chi connectivity index (χ4n) is 2.44. The molecule has 2 nitrogen and oxygen atoms in total. The van der Waals surface area contributed by atoms with Crippen molar-refractivity contribution in [1.29, 1.82) is 0 Å². The van der Waals surface area contributed by atoms with Crippen LogP contribution in [0.5, 0.6) is 5.75 Å². The van der Waals surface area contributed by atoms with E-state index in [9.17, 15) is 0 Å². The molecule has 0 amide bonds. The number of hydrogen-bond acceptors (Lipinski definition) is 2. The van der Waals surface area contributed by atoms with Crippen LogP contribution in [0.3, 0.4) is 0 Å². The second-order valence-corrected chi connectivity index (χ2v) is 5.37. The first-order chi connectivity index (χ1) is 10.4. The third kappa shape index (κ3) is 6.97. The quantitative estimate of drug-likeness (QED) is 0.685. The summed E-state index contributed by atoms with van der Waals surface area (Å²) in [5.74, 6) is 0.914. The summed E-state index contributed by atoms with van der Waals surface area (Å²) in [4.78, 5) is 0. The molecule has 0 aliphatic rings. The van der Waals surface area contributed by atoms with E-state index in [1.165, 1.54) is 24.8 Å². The summed E-state index contributed by atoms with van der Waals surface area (Å²) in [6, 6.07) is 20.6. The van der Waals surface area contributed by atoms with E-state index in [0.717, 1.165) is 18.6 Å². The summed E-state index contributed by atoms with van der Waals surface area (Å²) in [7, 11) is 0. The van der Waals surface area contributed by atoms with Gasteiger partial charge in [-0.25, -0.2) is 0 Å². The van der Waals surface area contributed by atoms with Crippen LogP contribution in [-0.4, -0.2) is 12.6 Å². The molecule has 2 aromatic carbocycles. The zero-order valence-electron chi connectivity index (χ0n) is 13.0. The van der Waals surface area contributed by atoms with Crippen LogP contribution in [0.25, 0.3) is 0 Å². The molecule has 120 valence electrons. The summed E-state index contributed by atoms with van der Waals surface area (Å²) in [5, 5.41) is 0. The highest BCUT2D eigenvalue weighted by atomic mass is 35.5. The van der Waals surface area contributed by atoms with Crippen LogP contribution in [0.15, 0.2) is 60.7 Å². The van der Waals surface area contributed by atoms with Crippen LogP contribution >= 0.6 is 12.4 Å². The molecule has 1 atom stereocenters. The van der Waals surface area contributed by atoms with E-state index < -0.39 is 0 Å². The zero-order chi connectivity index (χ0) is 14.8. The smallest absolute Gasteiger partial charge is 0.119 e. The predicted octanol–water partition coefficient (Wildman–Crippen LogP) is 4.62. The Hall–Kier alpha value is -1.51. The number of hydrogen-bond donors (Lipinski definition) is 1. The Morgan fingerprint density at radius 3 is 2.09 bits per heavy atom. The van der Waals surface area contributed by atoms with Crippen LogP contribution in [0.1, 0.15) is 31.2 Å². The van der Waals surface area contributed by atoms with E-state index in [0.29, 0.717) is 6.54 Å². The van der Waals surface area contributed by atoms with Crippen LogP contribution in [0.4, 0.5) is 0 Å². The van der Waals surface area contributed by atoms with Crippen LogP contribution < -0.4 is 10.5 Å². The molecule has 0 saturated carbocycles. The molecule has 2 N–H and O–H groups in total. The average molecular weight is 320 g/mol. The standard InChI is InChI=1S/C19H25NO.ClH/c20-16-19(21-18-13-7-3-8-14-18)15-9-2-6-12-17-10-4-1-5-11-17;/h1,3-5,7-8,10-11,13-14,19H,2,6,9,12,15-16,20H2;1H. The maximum absolute atomic E-state index is 5.90. The second-order valence-electron chi connectivity index (χ2n) is 5.37. The number of ether oxygens (including phenoxy) is 1. The van der Waals surface area contributed by atoms with Crippen molar-refractivity contribution in [1.82, 2.24) is 0 Å². The first-order valence-electron chi connectivity index (χ1n) is 7.84. The van der Waals surface area contributed by atoms with Gasteiger partial charge in [0.05, 0.1) is 0 Å². The molecule has 0 saturated heterocycles. The number of halogens is 1. The minimum absolute atomic E-state index is 0. The van der Waals surface area contributed by atoms with Gasteiger partial charge in [-0.1, -0.05) is 55.0 Å². The summed E-state index contributed by atoms with van der Waals surface area (Å²) in [6.07, 6.45) is 5.94. The topological polar surface area (TPSA) is 35.2 Å². The lowest BCUT2D eigenvalue weighted by Crippen LogP contribution is -2.26. The molecule has 3 heteroatoms. The van der Waals surface area contributed by atoms with Crippen molar-refractivity contribution in [2.24, 2.45) is 5.73 Å². The summed E-state index contributed by atoms with van der Waals surface area (Å²) in [6.45, 7) is 0.577. The van der Waals surface area contributed by atoms with E-state index in [1.807, 2.05) is 30.3 Å². The lowest BCUT2D eigenvalue weighted by molar-refractivity contribution is 0.195. The van der Waals surface area contributed by atoms with Crippen molar-refractivity contribution in [3.8, 4) is 5.75 Å². The molecule has 0 bridgehead atoms. The van der Waals surface area contributed by atoms with Crippen molar-refractivity contribution in [2.45, 2.75) is 38.2 Å². The monoisotopic (exact) mass is 319 g/mol. The van der Waals surface area contributed by atoms with Crippen molar-refractivity contribution in [2.75, 3.05) is 6.54 Å². The maximum atomic E-state index is 5.90. The van der Waals surface area contributed by atoms with E-state index in [-0.39, 0.29) is 18.5 Å².